The maximum atomic E-state index is 13.0. The van der Waals surface area contributed by atoms with Gasteiger partial charge in [-0.1, -0.05) is 345 Å². The van der Waals surface area contributed by atoms with Gasteiger partial charge in [0.2, 0.25) is 0 Å². The third-order valence-electron chi connectivity index (χ3n) is 16.3. The van der Waals surface area contributed by atoms with E-state index in [9.17, 15) is 14.4 Å². The first-order valence-corrected chi connectivity index (χ1v) is 36.3. The van der Waals surface area contributed by atoms with E-state index in [1.165, 1.54) is 250 Å². The first-order valence-electron chi connectivity index (χ1n) is 36.3. The smallest absolute Gasteiger partial charge is 0.306 e. The van der Waals surface area contributed by atoms with Crippen LogP contribution >= 0.6 is 0 Å². The lowest BCUT2D eigenvalue weighted by Crippen LogP contribution is -2.30. The van der Waals surface area contributed by atoms with Gasteiger partial charge in [-0.05, 0) is 83.5 Å². The Kier molecular flexibility index (Phi) is 68.1. The Labute approximate surface area is 510 Å². The van der Waals surface area contributed by atoms with Crippen LogP contribution in [0.15, 0.2) is 60.8 Å². The summed E-state index contributed by atoms with van der Waals surface area (Å²) in [5.41, 5.74) is 0. The fourth-order valence-electron chi connectivity index (χ4n) is 10.8. The number of esters is 3. The minimum absolute atomic E-state index is 0.0791. The molecule has 0 aromatic rings. The number of carbonyl (C=O) groups excluding carboxylic acids is 3. The first-order chi connectivity index (χ1) is 40.5. The van der Waals surface area contributed by atoms with Crippen LogP contribution in [-0.4, -0.2) is 37.2 Å². The van der Waals surface area contributed by atoms with Gasteiger partial charge in [-0.25, -0.2) is 0 Å². The Morgan fingerprint density at radius 1 is 0.256 bits per heavy atom. The minimum Gasteiger partial charge on any atom is -0.462 e. The number of hydrogen-bond acceptors (Lipinski definition) is 6. The van der Waals surface area contributed by atoms with E-state index in [4.69, 9.17) is 14.2 Å². The molecule has 0 aliphatic heterocycles. The number of allylic oxidation sites excluding steroid dienone is 10. The van der Waals surface area contributed by atoms with Gasteiger partial charge in [-0.15, -0.1) is 0 Å². The number of unbranched alkanes of at least 4 members (excludes halogenated alkanes) is 46. The van der Waals surface area contributed by atoms with E-state index in [-0.39, 0.29) is 31.1 Å². The summed E-state index contributed by atoms with van der Waals surface area (Å²) >= 11 is 0. The summed E-state index contributed by atoms with van der Waals surface area (Å²) in [6.07, 6.45) is 91.2. The number of hydrogen-bond donors (Lipinski definition) is 0. The number of carbonyl (C=O) groups is 3. The van der Waals surface area contributed by atoms with Crippen LogP contribution < -0.4 is 0 Å². The van der Waals surface area contributed by atoms with Crippen molar-refractivity contribution in [3.05, 3.63) is 60.8 Å². The molecule has 0 radical (unpaired) electrons. The Morgan fingerprint density at radius 2 is 0.476 bits per heavy atom. The minimum atomic E-state index is -0.786. The van der Waals surface area contributed by atoms with Crippen molar-refractivity contribution in [2.75, 3.05) is 13.2 Å². The summed E-state index contributed by atoms with van der Waals surface area (Å²) in [7, 11) is 0. The van der Waals surface area contributed by atoms with Gasteiger partial charge in [0.1, 0.15) is 13.2 Å². The summed E-state index contributed by atoms with van der Waals surface area (Å²) in [5, 5.41) is 0. The van der Waals surface area contributed by atoms with E-state index < -0.39 is 6.10 Å². The van der Waals surface area contributed by atoms with Crippen LogP contribution in [0.25, 0.3) is 0 Å². The fraction of sp³-hybridized carbons (Fsp3) is 0.829. The van der Waals surface area contributed by atoms with E-state index in [0.717, 1.165) is 96.3 Å². The Morgan fingerprint density at radius 3 is 0.756 bits per heavy atom. The van der Waals surface area contributed by atoms with Gasteiger partial charge >= 0.3 is 17.9 Å². The Bertz CT molecular complexity index is 1460. The first kappa shape index (κ1) is 79.1. The highest BCUT2D eigenvalue weighted by atomic mass is 16.6. The normalized spacial score (nSPS) is 12.4. The van der Waals surface area contributed by atoms with Gasteiger partial charge in [0.15, 0.2) is 6.10 Å². The second-order valence-electron chi connectivity index (χ2n) is 24.5. The molecule has 0 spiro atoms. The van der Waals surface area contributed by atoms with Gasteiger partial charge in [-0.3, -0.25) is 14.4 Å². The summed E-state index contributed by atoms with van der Waals surface area (Å²) in [4.78, 5) is 38.5. The molecule has 0 aromatic heterocycles. The second kappa shape index (κ2) is 70.6. The molecule has 0 saturated carbocycles. The van der Waals surface area contributed by atoms with Crippen molar-refractivity contribution < 1.29 is 28.6 Å². The van der Waals surface area contributed by atoms with Crippen molar-refractivity contribution in [1.82, 2.24) is 0 Å². The van der Waals surface area contributed by atoms with Crippen molar-refractivity contribution in [1.29, 1.82) is 0 Å². The SMILES string of the molecule is CC/C=C\C/C=C\C/C=C\C/C=C\CCCCCCC(=O)OCC(COC(=O)CCCCCCCCCCCCCCCCCCCCCCCCCCCC)OC(=O)CCCCCCCCCCC/C=C\CCCCCCCCCC. The second-order valence-corrected chi connectivity index (χ2v) is 24.5. The van der Waals surface area contributed by atoms with E-state index in [1.54, 1.807) is 0 Å². The topological polar surface area (TPSA) is 78.9 Å². The molecule has 478 valence electrons. The number of rotatable bonds is 67. The lowest BCUT2D eigenvalue weighted by molar-refractivity contribution is -0.167. The molecule has 0 aromatic carbocycles. The lowest BCUT2D eigenvalue weighted by Gasteiger charge is -2.18. The molecule has 82 heavy (non-hydrogen) atoms. The van der Waals surface area contributed by atoms with Gasteiger partial charge in [0.05, 0.1) is 0 Å². The predicted octanol–water partition coefficient (Wildman–Crippen LogP) is 25.1. The zero-order valence-corrected chi connectivity index (χ0v) is 55.0. The van der Waals surface area contributed by atoms with Crippen molar-refractivity contribution in [3.8, 4) is 0 Å². The van der Waals surface area contributed by atoms with E-state index in [2.05, 4.69) is 81.5 Å². The van der Waals surface area contributed by atoms with E-state index in [1.807, 2.05) is 0 Å². The van der Waals surface area contributed by atoms with Crippen LogP contribution in [0, 0.1) is 0 Å². The molecule has 0 N–H and O–H groups in total. The van der Waals surface area contributed by atoms with Crippen LogP contribution in [0.5, 0.6) is 0 Å². The summed E-state index contributed by atoms with van der Waals surface area (Å²) in [6, 6.07) is 0. The van der Waals surface area contributed by atoms with Crippen LogP contribution in [0.2, 0.25) is 0 Å². The molecule has 1 unspecified atom stereocenters. The molecule has 0 saturated heterocycles. The summed E-state index contributed by atoms with van der Waals surface area (Å²) in [5.74, 6) is -0.881. The van der Waals surface area contributed by atoms with Gasteiger partial charge in [-0.2, -0.15) is 0 Å². The molecule has 0 fully saturated rings. The zero-order chi connectivity index (χ0) is 59.2. The van der Waals surface area contributed by atoms with Gasteiger partial charge < -0.3 is 14.2 Å². The third-order valence-corrected chi connectivity index (χ3v) is 16.3. The molecule has 0 bridgehead atoms. The van der Waals surface area contributed by atoms with Crippen molar-refractivity contribution in [2.24, 2.45) is 0 Å². The van der Waals surface area contributed by atoms with Crippen molar-refractivity contribution in [2.45, 2.75) is 393 Å². The fourth-order valence-corrected chi connectivity index (χ4v) is 10.8. The Balaban J connectivity index is 4.30. The van der Waals surface area contributed by atoms with Crippen molar-refractivity contribution >= 4 is 17.9 Å². The molecule has 0 amide bonds. The highest BCUT2D eigenvalue weighted by Gasteiger charge is 2.19. The molecular formula is C76H138O6. The molecule has 6 nitrogen and oxygen atoms in total. The third kappa shape index (κ3) is 67.9. The predicted molar refractivity (Wildman–Crippen MR) is 358 cm³/mol. The van der Waals surface area contributed by atoms with Crippen LogP contribution in [0.3, 0.4) is 0 Å². The molecule has 0 aliphatic rings. The maximum absolute atomic E-state index is 13.0. The molecule has 6 heteroatoms. The highest BCUT2D eigenvalue weighted by molar-refractivity contribution is 5.71. The average molecular weight is 1150 g/mol. The number of ether oxygens (including phenoxy) is 3. The highest BCUT2D eigenvalue weighted by Crippen LogP contribution is 2.18. The maximum Gasteiger partial charge on any atom is 0.306 e. The largest absolute Gasteiger partial charge is 0.462 e. The monoisotopic (exact) mass is 1150 g/mol. The van der Waals surface area contributed by atoms with E-state index >= 15 is 0 Å². The zero-order valence-electron chi connectivity index (χ0n) is 55.0. The van der Waals surface area contributed by atoms with Crippen LogP contribution in [0.1, 0.15) is 387 Å². The summed E-state index contributed by atoms with van der Waals surface area (Å²) < 4.78 is 17.0. The van der Waals surface area contributed by atoms with Gasteiger partial charge in [0, 0.05) is 19.3 Å². The summed E-state index contributed by atoms with van der Waals surface area (Å²) in [6.45, 7) is 6.58. The average Bonchev–Trinajstić information content (AvgIpc) is 3.47. The van der Waals surface area contributed by atoms with Gasteiger partial charge in [0.25, 0.3) is 0 Å². The quantitative estimate of drug-likeness (QED) is 0.0261. The molecular weight excluding hydrogens is 1010 g/mol. The lowest BCUT2D eigenvalue weighted by atomic mass is 10.0. The van der Waals surface area contributed by atoms with Crippen molar-refractivity contribution in [3.63, 3.8) is 0 Å². The molecule has 0 rings (SSSR count). The standard InChI is InChI=1S/C76H138O6/c1-4-7-10-13-16-19-22-25-28-31-33-35-36-37-38-39-41-42-45-48-51-54-57-60-63-66-69-75(78)81-72-73(71-80-74(77)68-65-62-59-56-53-50-47-44-30-27-24-21-18-15-12-9-6-3)82-76(79)70-67-64-61-58-55-52-49-46-43-40-34-32-29-26-23-20-17-14-11-8-5-2/h9,12,18,21,27,30,32,34,47,50,73H,4-8,10-11,13-17,19-20,22-26,28-29,31,33,35-46,48-49,51-72H2,1-3H3/b12-9-,21-18-,30-27-,34-32-,50-47-. The molecule has 0 aliphatic carbocycles. The Hall–Kier alpha value is -2.89. The molecule has 1 atom stereocenters. The van der Waals surface area contributed by atoms with Crippen LogP contribution in [-0.2, 0) is 28.6 Å². The van der Waals surface area contributed by atoms with E-state index in [0.29, 0.717) is 19.3 Å². The molecule has 0 heterocycles. The van der Waals surface area contributed by atoms with Crippen LogP contribution in [0.4, 0.5) is 0 Å².